The third kappa shape index (κ3) is 5.84. The highest BCUT2D eigenvalue weighted by atomic mass is 19.4. The van der Waals surface area contributed by atoms with E-state index < -0.39 is 17.6 Å². The Labute approximate surface area is 161 Å². The molecular weight excluding hydrogens is 369 g/mol. The molecule has 146 valence electrons. The molecule has 1 aromatic carbocycles. The molecule has 1 heterocycles. The van der Waals surface area contributed by atoms with Gasteiger partial charge in [0.25, 0.3) is 5.91 Å². The molecule has 8 heteroatoms. The number of likely N-dealkylation sites (N-methyl/N-ethyl adjacent to an activating group) is 1. The molecule has 1 amide bonds. The monoisotopic (exact) mass is 388 g/mol. The summed E-state index contributed by atoms with van der Waals surface area (Å²) in [5.41, 5.74) is -0.580. The van der Waals surface area contributed by atoms with Crippen LogP contribution >= 0.6 is 0 Å². The fraction of sp³-hybridized carbons (Fsp3) is 0.250. The van der Waals surface area contributed by atoms with Gasteiger partial charge in [0.15, 0.2) is 0 Å². The lowest BCUT2D eigenvalue weighted by molar-refractivity contribution is -0.137. The van der Waals surface area contributed by atoms with Gasteiger partial charge in [-0.3, -0.25) is 9.78 Å². The highest BCUT2D eigenvalue weighted by Gasteiger charge is 2.33. The molecule has 5 nitrogen and oxygen atoms in total. The number of nitriles is 1. The van der Waals surface area contributed by atoms with Gasteiger partial charge in [-0.2, -0.15) is 18.4 Å². The normalized spacial score (nSPS) is 11.6. The summed E-state index contributed by atoms with van der Waals surface area (Å²) in [5.74, 6) is -0.887. The van der Waals surface area contributed by atoms with Crippen molar-refractivity contribution in [3.05, 3.63) is 71.7 Å². The number of hydrogen-bond donors (Lipinski definition) is 1. The lowest BCUT2D eigenvalue weighted by atomic mass is 10.1. The molecule has 0 aliphatic heterocycles. The topological polar surface area (TPSA) is 69.0 Å². The minimum atomic E-state index is -4.61. The van der Waals surface area contributed by atoms with Crippen LogP contribution in [0.4, 0.5) is 18.9 Å². The standard InChI is InChI=1S/C20H19F3N4O/c1-2-27(12-9-15-7-10-25-11-8-15)14-16(13-24)19(28)26-18-6-4-3-5-17(18)20(21,22)23/h3-8,10-11,14H,2,9,12H2,1H3,(H,26,28)/b16-14-. The number of nitrogens with one attached hydrogen (secondary N) is 1. The largest absolute Gasteiger partial charge is 0.418 e. The molecular formula is C20H19F3N4O. The van der Waals surface area contributed by atoms with Crippen molar-refractivity contribution < 1.29 is 18.0 Å². The zero-order valence-corrected chi connectivity index (χ0v) is 15.2. The molecule has 0 bridgehead atoms. The summed E-state index contributed by atoms with van der Waals surface area (Å²) in [6, 6.07) is 10.1. The van der Waals surface area contributed by atoms with Crippen molar-refractivity contribution in [3.63, 3.8) is 0 Å². The van der Waals surface area contributed by atoms with Crippen LogP contribution in [0.5, 0.6) is 0 Å². The summed E-state index contributed by atoms with van der Waals surface area (Å²) < 4.78 is 39.2. The maximum Gasteiger partial charge on any atom is 0.418 e. The van der Waals surface area contributed by atoms with Gasteiger partial charge in [-0.15, -0.1) is 0 Å². The lowest BCUT2D eigenvalue weighted by Gasteiger charge is -2.19. The predicted octanol–water partition coefficient (Wildman–Crippen LogP) is 4.01. The number of rotatable bonds is 7. The van der Waals surface area contributed by atoms with Crippen LogP contribution in [0, 0.1) is 11.3 Å². The predicted molar refractivity (Wildman–Crippen MR) is 99.0 cm³/mol. The van der Waals surface area contributed by atoms with E-state index >= 15 is 0 Å². The van der Waals surface area contributed by atoms with Crippen molar-refractivity contribution >= 4 is 11.6 Å². The van der Waals surface area contributed by atoms with Crippen molar-refractivity contribution in [2.45, 2.75) is 19.5 Å². The zero-order valence-electron chi connectivity index (χ0n) is 15.2. The average Bonchev–Trinajstić information content (AvgIpc) is 2.68. The highest BCUT2D eigenvalue weighted by Crippen LogP contribution is 2.34. The van der Waals surface area contributed by atoms with Gasteiger partial charge in [-0.05, 0) is 43.2 Å². The molecule has 0 aliphatic carbocycles. The van der Waals surface area contributed by atoms with E-state index in [1.165, 1.54) is 18.3 Å². The molecule has 2 aromatic rings. The fourth-order valence-electron chi connectivity index (χ4n) is 2.49. The number of nitrogens with zero attached hydrogens (tertiary/aromatic N) is 3. The molecule has 0 unspecified atom stereocenters. The minimum Gasteiger partial charge on any atom is -0.376 e. The van der Waals surface area contributed by atoms with Gasteiger partial charge in [-0.1, -0.05) is 12.1 Å². The van der Waals surface area contributed by atoms with Crippen molar-refractivity contribution in [3.8, 4) is 6.07 Å². The van der Waals surface area contributed by atoms with Crippen LogP contribution in [-0.4, -0.2) is 28.9 Å². The molecule has 0 saturated heterocycles. The Morgan fingerprint density at radius 1 is 1.25 bits per heavy atom. The Balaban J connectivity index is 2.13. The van der Waals surface area contributed by atoms with Crippen molar-refractivity contribution in [2.75, 3.05) is 18.4 Å². The first-order chi connectivity index (χ1) is 13.3. The molecule has 0 spiro atoms. The van der Waals surface area contributed by atoms with Gasteiger partial charge < -0.3 is 10.2 Å². The molecule has 0 saturated carbocycles. The first-order valence-electron chi connectivity index (χ1n) is 8.57. The second kappa shape index (κ2) is 9.55. The fourth-order valence-corrected chi connectivity index (χ4v) is 2.49. The van der Waals surface area contributed by atoms with Gasteiger partial charge in [-0.25, -0.2) is 0 Å². The maximum absolute atomic E-state index is 13.1. The number of aromatic nitrogens is 1. The highest BCUT2D eigenvalue weighted by molar-refractivity contribution is 6.06. The first kappa shape index (κ1) is 21.0. The Morgan fingerprint density at radius 3 is 2.54 bits per heavy atom. The minimum absolute atomic E-state index is 0.270. The Kier molecular flexibility index (Phi) is 7.15. The average molecular weight is 388 g/mol. The van der Waals surface area contributed by atoms with Crippen molar-refractivity contribution in [2.24, 2.45) is 0 Å². The maximum atomic E-state index is 13.1. The number of anilines is 1. The summed E-state index contributed by atoms with van der Waals surface area (Å²) in [6.07, 6.45) is 0.776. The van der Waals surface area contributed by atoms with E-state index in [4.69, 9.17) is 0 Å². The second-order valence-corrected chi connectivity index (χ2v) is 5.89. The Morgan fingerprint density at radius 2 is 1.93 bits per heavy atom. The zero-order chi connectivity index (χ0) is 20.6. The van der Waals surface area contributed by atoms with Crippen molar-refractivity contribution in [1.82, 2.24) is 9.88 Å². The van der Waals surface area contributed by atoms with Crippen LogP contribution in [0.25, 0.3) is 0 Å². The number of alkyl halides is 3. The van der Waals surface area contributed by atoms with Crippen LogP contribution < -0.4 is 5.32 Å². The second-order valence-electron chi connectivity index (χ2n) is 5.89. The van der Waals surface area contributed by atoms with Crippen molar-refractivity contribution in [1.29, 1.82) is 5.26 Å². The van der Waals surface area contributed by atoms with E-state index in [9.17, 15) is 23.2 Å². The van der Waals surface area contributed by atoms with Gasteiger partial charge in [0.2, 0.25) is 0 Å². The summed E-state index contributed by atoms with van der Waals surface area (Å²) in [7, 11) is 0. The summed E-state index contributed by atoms with van der Waals surface area (Å²) in [4.78, 5) is 18.0. The SMILES string of the molecule is CCN(/C=C(/C#N)C(=O)Nc1ccccc1C(F)(F)F)CCc1ccncc1. The molecule has 0 aliphatic rings. The van der Waals surface area contributed by atoms with E-state index in [-0.39, 0.29) is 11.3 Å². The molecule has 1 aromatic heterocycles. The number of para-hydroxylation sites is 1. The molecule has 28 heavy (non-hydrogen) atoms. The van der Waals surface area contributed by atoms with Gasteiger partial charge in [0, 0.05) is 31.7 Å². The summed E-state index contributed by atoms with van der Waals surface area (Å²) in [5, 5.41) is 11.5. The third-order valence-electron chi connectivity index (χ3n) is 4.00. The Bertz CT molecular complexity index is 873. The van der Waals surface area contributed by atoms with E-state index in [0.29, 0.717) is 19.5 Å². The van der Waals surface area contributed by atoms with E-state index in [1.54, 1.807) is 23.4 Å². The van der Waals surface area contributed by atoms with Gasteiger partial charge >= 0.3 is 6.18 Å². The van der Waals surface area contributed by atoms with Gasteiger partial charge in [0.1, 0.15) is 11.6 Å². The number of benzene rings is 1. The third-order valence-corrected chi connectivity index (χ3v) is 4.00. The molecule has 0 radical (unpaired) electrons. The van der Waals surface area contributed by atoms with Crippen LogP contribution in [0.1, 0.15) is 18.1 Å². The summed E-state index contributed by atoms with van der Waals surface area (Å²) >= 11 is 0. The number of amides is 1. The van der Waals surface area contributed by atoms with E-state index in [0.717, 1.165) is 17.7 Å². The van der Waals surface area contributed by atoms with E-state index in [2.05, 4.69) is 10.3 Å². The number of carbonyl (C=O) groups is 1. The molecule has 0 fully saturated rings. The molecule has 2 rings (SSSR count). The number of hydrogen-bond acceptors (Lipinski definition) is 4. The van der Waals surface area contributed by atoms with Crippen LogP contribution in [0.15, 0.2) is 60.6 Å². The van der Waals surface area contributed by atoms with Crippen LogP contribution in [0.2, 0.25) is 0 Å². The van der Waals surface area contributed by atoms with E-state index in [1.807, 2.05) is 19.1 Å². The lowest BCUT2D eigenvalue weighted by Crippen LogP contribution is -2.24. The van der Waals surface area contributed by atoms with Crippen LogP contribution in [-0.2, 0) is 17.4 Å². The quantitative estimate of drug-likeness (QED) is 0.575. The first-order valence-corrected chi connectivity index (χ1v) is 8.57. The Hall–Kier alpha value is -3.34. The van der Waals surface area contributed by atoms with Gasteiger partial charge in [0.05, 0.1) is 11.3 Å². The number of carbonyl (C=O) groups excluding carboxylic acids is 1. The number of halogens is 3. The van der Waals surface area contributed by atoms with Crippen LogP contribution in [0.3, 0.4) is 0 Å². The molecule has 0 atom stereocenters. The summed E-state index contributed by atoms with van der Waals surface area (Å²) in [6.45, 7) is 2.93. The smallest absolute Gasteiger partial charge is 0.376 e. The number of pyridine rings is 1. The molecule has 1 N–H and O–H groups in total.